The number of nitrogens with zero attached hydrogens (tertiary/aromatic N) is 2. The third kappa shape index (κ3) is 2.12. The van der Waals surface area contributed by atoms with Gasteiger partial charge in [-0.15, -0.1) is 0 Å². The fraction of sp³-hybridized carbons (Fsp3) is 0.400. The number of carbonyl (C=O) groups excluding carboxylic acids is 1. The lowest BCUT2D eigenvalue weighted by molar-refractivity contribution is 0.0785. The van der Waals surface area contributed by atoms with Crippen molar-refractivity contribution in [3.8, 4) is 0 Å². The van der Waals surface area contributed by atoms with Crippen LogP contribution in [0.2, 0.25) is 0 Å². The second kappa shape index (κ2) is 3.94. The van der Waals surface area contributed by atoms with Gasteiger partial charge in [0, 0.05) is 19.1 Å². The quantitative estimate of drug-likeness (QED) is 0.728. The fourth-order valence-electron chi connectivity index (χ4n) is 1.64. The van der Waals surface area contributed by atoms with Gasteiger partial charge >= 0.3 is 0 Å². The van der Waals surface area contributed by atoms with Crippen LogP contribution in [-0.4, -0.2) is 34.9 Å². The van der Waals surface area contributed by atoms with E-state index in [0.29, 0.717) is 13.1 Å². The highest BCUT2D eigenvalue weighted by molar-refractivity contribution is 5.92. The summed E-state index contributed by atoms with van der Waals surface area (Å²) >= 11 is 0. The van der Waals surface area contributed by atoms with Gasteiger partial charge in [0.1, 0.15) is 11.5 Å². The van der Waals surface area contributed by atoms with Crippen LogP contribution in [0.3, 0.4) is 0 Å². The second-order valence-corrected chi connectivity index (χ2v) is 3.66. The van der Waals surface area contributed by atoms with Crippen LogP contribution in [0.4, 0.5) is 4.39 Å². The van der Waals surface area contributed by atoms with Gasteiger partial charge in [0.15, 0.2) is 0 Å². The molecule has 1 aromatic heterocycles. The molecule has 1 amide bonds. The Kier molecular flexibility index (Phi) is 2.64. The van der Waals surface area contributed by atoms with Crippen LogP contribution < -0.4 is 5.73 Å². The van der Waals surface area contributed by atoms with E-state index in [-0.39, 0.29) is 17.6 Å². The molecule has 4 nitrogen and oxygen atoms in total. The van der Waals surface area contributed by atoms with Crippen molar-refractivity contribution in [2.75, 3.05) is 13.1 Å². The first-order valence-corrected chi connectivity index (χ1v) is 4.83. The number of nitrogens with two attached hydrogens (primary N) is 1. The van der Waals surface area contributed by atoms with Crippen molar-refractivity contribution in [3.63, 3.8) is 0 Å². The molecule has 1 aliphatic heterocycles. The second-order valence-electron chi connectivity index (χ2n) is 3.66. The van der Waals surface area contributed by atoms with Gasteiger partial charge in [0.25, 0.3) is 5.91 Å². The van der Waals surface area contributed by atoms with E-state index in [1.807, 2.05) is 0 Å². The maximum atomic E-state index is 12.6. The monoisotopic (exact) mass is 209 g/mol. The van der Waals surface area contributed by atoms with Crippen LogP contribution in [0.15, 0.2) is 18.3 Å². The van der Waals surface area contributed by atoms with E-state index >= 15 is 0 Å². The van der Waals surface area contributed by atoms with E-state index in [4.69, 9.17) is 5.73 Å². The van der Waals surface area contributed by atoms with E-state index in [2.05, 4.69) is 4.98 Å². The third-order valence-electron chi connectivity index (χ3n) is 2.46. The first-order valence-electron chi connectivity index (χ1n) is 4.83. The highest BCUT2D eigenvalue weighted by Gasteiger charge is 2.25. The highest BCUT2D eigenvalue weighted by Crippen LogP contribution is 2.11. The number of halogens is 1. The fourth-order valence-corrected chi connectivity index (χ4v) is 1.64. The van der Waals surface area contributed by atoms with Gasteiger partial charge in [-0.05, 0) is 18.6 Å². The Labute approximate surface area is 86.9 Å². The zero-order valence-corrected chi connectivity index (χ0v) is 8.19. The number of aromatic nitrogens is 1. The Balaban J connectivity index is 2.11. The van der Waals surface area contributed by atoms with Crippen molar-refractivity contribution in [2.45, 2.75) is 12.5 Å². The van der Waals surface area contributed by atoms with Crippen LogP contribution in [0, 0.1) is 5.82 Å². The van der Waals surface area contributed by atoms with E-state index < -0.39 is 5.82 Å². The molecule has 5 heteroatoms. The van der Waals surface area contributed by atoms with Gasteiger partial charge in [0.2, 0.25) is 0 Å². The summed E-state index contributed by atoms with van der Waals surface area (Å²) in [6.07, 6.45) is 1.86. The maximum absolute atomic E-state index is 12.6. The molecule has 2 heterocycles. The lowest BCUT2D eigenvalue weighted by Gasteiger charge is -2.14. The van der Waals surface area contributed by atoms with Crippen LogP contribution in [0.25, 0.3) is 0 Å². The SMILES string of the molecule is N[C@H]1CCN(C(=O)c2ccc(F)cn2)C1. The number of hydrogen-bond acceptors (Lipinski definition) is 3. The van der Waals surface area contributed by atoms with Crippen molar-refractivity contribution < 1.29 is 9.18 Å². The average Bonchev–Trinajstić information content (AvgIpc) is 2.65. The maximum Gasteiger partial charge on any atom is 0.272 e. The molecule has 0 radical (unpaired) electrons. The van der Waals surface area contributed by atoms with E-state index in [9.17, 15) is 9.18 Å². The molecule has 2 rings (SSSR count). The molecule has 1 aliphatic rings. The molecular formula is C10H12FN3O. The van der Waals surface area contributed by atoms with Gasteiger partial charge < -0.3 is 10.6 Å². The topological polar surface area (TPSA) is 59.2 Å². The smallest absolute Gasteiger partial charge is 0.272 e. The Morgan fingerprint density at radius 1 is 1.60 bits per heavy atom. The molecule has 2 N–H and O–H groups in total. The van der Waals surface area contributed by atoms with Crippen molar-refractivity contribution in [2.24, 2.45) is 5.73 Å². The number of amides is 1. The molecule has 0 aromatic carbocycles. The summed E-state index contributed by atoms with van der Waals surface area (Å²) in [5.74, 6) is -0.618. The van der Waals surface area contributed by atoms with Crippen molar-refractivity contribution in [1.82, 2.24) is 9.88 Å². The summed E-state index contributed by atoms with van der Waals surface area (Å²) < 4.78 is 12.6. The van der Waals surface area contributed by atoms with Crippen LogP contribution in [0.5, 0.6) is 0 Å². The van der Waals surface area contributed by atoms with Crippen LogP contribution >= 0.6 is 0 Å². The molecule has 1 atom stereocenters. The van der Waals surface area contributed by atoms with Gasteiger partial charge in [-0.25, -0.2) is 9.37 Å². The standard InChI is InChI=1S/C10H12FN3O/c11-7-1-2-9(13-5-7)10(15)14-4-3-8(12)6-14/h1-2,5,8H,3-4,6,12H2/t8-/m0/s1. The van der Waals surface area contributed by atoms with Gasteiger partial charge in [-0.2, -0.15) is 0 Å². The van der Waals surface area contributed by atoms with E-state index in [1.165, 1.54) is 12.1 Å². The lowest BCUT2D eigenvalue weighted by Crippen LogP contribution is -2.32. The first-order chi connectivity index (χ1) is 7.16. The molecule has 15 heavy (non-hydrogen) atoms. The molecule has 0 unspecified atom stereocenters. The minimum absolute atomic E-state index is 0.0504. The van der Waals surface area contributed by atoms with Gasteiger partial charge in [0.05, 0.1) is 6.20 Å². The van der Waals surface area contributed by atoms with Crippen molar-refractivity contribution >= 4 is 5.91 Å². The molecule has 1 fully saturated rings. The number of hydrogen-bond donors (Lipinski definition) is 1. The average molecular weight is 209 g/mol. The first kappa shape index (κ1) is 10.0. The van der Waals surface area contributed by atoms with Crippen molar-refractivity contribution in [3.05, 3.63) is 29.8 Å². The number of likely N-dealkylation sites (tertiary alicyclic amines) is 1. The van der Waals surface area contributed by atoms with E-state index in [0.717, 1.165) is 12.6 Å². The summed E-state index contributed by atoms with van der Waals surface area (Å²) in [6.45, 7) is 1.21. The molecule has 0 aliphatic carbocycles. The molecule has 0 spiro atoms. The Hall–Kier alpha value is -1.49. The summed E-state index contributed by atoms with van der Waals surface area (Å²) in [5, 5.41) is 0. The number of rotatable bonds is 1. The molecule has 1 aromatic rings. The molecule has 80 valence electrons. The molecular weight excluding hydrogens is 197 g/mol. The minimum atomic E-state index is -0.440. The predicted octanol–water partition coefficient (Wildman–Crippen LogP) is 0.394. The summed E-state index contributed by atoms with van der Waals surface area (Å²) in [7, 11) is 0. The number of carbonyl (C=O) groups is 1. The zero-order chi connectivity index (χ0) is 10.8. The van der Waals surface area contributed by atoms with Gasteiger partial charge in [-0.1, -0.05) is 0 Å². The van der Waals surface area contributed by atoms with Crippen LogP contribution in [0.1, 0.15) is 16.9 Å². The lowest BCUT2D eigenvalue weighted by atomic mass is 10.3. The van der Waals surface area contributed by atoms with Gasteiger partial charge in [-0.3, -0.25) is 4.79 Å². The molecule has 1 saturated heterocycles. The Morgan fingerprint density at radius 2 is 2.40 bits per heavy atom. The van der Waals surface area contributed by atoms with Crippen molar-refractivity contribution in [1.29, 1.82) is 0 Å². The zero-order valence-electron chi connectivity index (χ0n) is 8.19. The Morgan fingerprint density at radius 3 is 2.93 bits per heavy atom. The minimum Gasteiger partial charge on any atom is -0.336 e. The third-order valence-corrected chi connectivity index (χ3v) is 2.46. The van der Waals surface area contributed by atoms with E-state index in [1.54, 1.807) is 4.90 Å². The summed E-state index contributed by atoms with van der Waals surface area (Å²) in [6, 6.07) is 2.67. The highest BCUT2D eigenvalue weighted by atomic mass is 19.1. The largest absolute Gasteiger partial charge is 0.336 e. The van der Waals surface area contributed by atoms with Crippen LogP contribution in [-0.2, 0) is 0 Å². The Bertz CT molecular complexity index is 365. The molecule has 0 saturated carbocycles. The normalized spacial score (nSPS) is 20.7. The summed E-state index contributed by atoms with van der Waals surface area (Å²) in [5.41, 5.74) is 5.96. The molecule has 0 bridgehead atoms. The predicted molar refractivity (Wildman–Crippen MR) is 52.7 cm³/mol. The summed E-state index contributed by atoms with van der Waals surface area (Å²) in [4.78, 5) is 17.2. The number of pyridine rings is 1.